The van der Waals surface area contributed by atoms with E-state index in [2.05, 4.69) is 51.2 Å². The van der Waals surface area contributed by atoms with E-state index in [1.165, 1.54) is 6.92 Å². The minimum Gasteiger partial charge on any atom is -0.352 e. The number of aromatic nitrogens is 6. The summed E-state index contributed by atoms with van der Waals surface area (Å²) in [6.45, 7) is 8.30. The Morgan fingerprint density at radius 2 is 2.14 bits per heavy atom. The van der Waals surface area contributed by atoms with Crippen LogP contribution in [0.5, 0.6) is 0 Å². The lowest BCUT2D eigenvalue weighted by Crippen LogP contribution is -2.40. The third-order valence-electron chi connectivity index (χ3n) is 5.08. The van der Waals surface area contributed by atoms with Gasteiger partial charge in [0.1, 0.15) is 12.0 Å². The summed E-state index contributed by atoms with van der Waals surface area (Å²) in [6.07, 6.45) is 7.86. The van der Waals surface area contributed by atoms with Crippen molar-refractivity contribution in [1.82, 2.24) is 35.0 Å². The Kier molecular flexibility index (Phi) is 4.96. The van der Waals surface area contributed by atoms with Gasteiger partial charge in [0, 0.05) is 43.0 Å². The lowest BCUT2D eigenvalue weighted by Gasteiger charge is -2.39. The summed E-state index contributed by atoms with van der Waals surface area (Å²) < 4.78 is 1.97. The van der Waals surface area contributed by atoms with Crippen molar-refractivity contribution in [2.45, 2.75) is 52.7 Å². The molecule has 0 unspecified atom stereocenters. The van der Waals surface area contributed by atoms with E-state index in [1.54, 1.807) is 18.7 Å². The van der Waals surface area contributed by atoms with Gasteiger partial charge in [-0.25, -0.2) is 9.97 Å². The second kappa shape index (κ2) is 7.57. The quantitative estimate of drug-likeness (QED) is 0.711. The molecule has 0 spiro atoms. The van der Waals surface area contributed by atoms with Gasteiger partial charge in [-0.1, -0.05) is 6.92 Å². The summed E-state index contributed by atoms with van der Waals surface area (Å²) in [7, 11) is 0. The van der Waals surface area contributed by atoms with Gasteiger partial charge in [0.2, 0.25) is 5.91 Å². The van der Waals surface area contributed by atoms with Crippen molar-refractivity contribution < 1.29 is 4.79 Å². The monoisotopic (exact) mass is 392 g/mol. The molecule has 0 aromatic carbocycles. The molecule has 0 fully saturated rings. The molecule has 0 saturated heterocycles. The zero-order valence-electron chi connectivity index (χ0n) is 17.0. The molecule has 4 heterocycles. The molecule has 9 nitrogen and oxygen atoms in total. The lowest BCUT2D eigenvalue weighted by molar-refractivity contribution is -0.119. The van der Waals surface area contributed by atoms with Crippen LogP contribution < -0.4 is 10.2 Å². The van der Waals surface area contributed by atoms with Gasteiger partial charge >= 0.3 is 0 Å². The highest BCUT2D eigenvalue weighted by molar-refractivity contribution is 5.73. The minimum atomic E-state index is -0.0944. The van der Waals surface area contributed by atoms with Crippen molar-refractivity contribution in [2.24, 2.45) is 0 Å². The third-order valence-corrected chi connectivity index (χ3v) is 5.08. The normalized spacial score (nSPS) is 15.2. The molecule has 9 heteroatoms. The van der Waals surface area contributed by atoms with E-state index < -0.39 is 0 Å². The van der Waals surface area contributed by atoms with Crippen molar-refractivity contribution in [3.63, 3.8) is 0 Å². The number of hydrogen-bond donors (Lipinski definition) is 1. The fourth-order valence-corrected chi connectivity index (χ4v) is 3.77. The molecule has 1 aliphatic rings. The Morgan fingerprint density at radius 3 is 2.86 bits per heavy atom. The van der Waals surface area contributed by atoms with Crippen molar-refractivity contribution >= 4 is 11.7 Å². The van der Waals surface area contributed by atoms with Crippen LogP contribution in [0.3, 0.4) is 0 Å². The molecule has 0 radical (unpaired) electrons. The van der Waals surface area contributed by atoms with Gasteiger partial charge in [0.15, 0.2) is 17.5 Å². The average molecular weight is 392 g/mol. The van der Waals surface area contributed by atoms with Crippen molar-refractivity contribution in [1.29, 1.82) is 0 Å². The van der Waals surface area contributed by atoms with Gasteiger partial charge in [-0.3, -0.25) is 14.3 Å². The Labute approximate surface area is 169 Å². The van der Waals surface area contributed by atoms with E-state index in [9.17, 15) is 4.79 Å². The van der Waals surface area contributed by atoms with Crippen molar-refractivity contribution in [3.05, 3.63) is 42.4 Å². The van der Waals surface area contributed by atoms with Crippen LogP contribution in [0.2, 0.25) is 0 Å². The van der Waals surface area contributed by atoms with Crippen LogP contribution in [0, 0.1) is 0 Å². The highest BCUT2D eigenvalue weighted by atomic mass is 16.1. The first kappa shape index (κ1) is 19.0. The number of anilines is 1. The molecule has 29 heavy (non-hydrogen) atoms. The molecule has 1 N–H and O–H groups in total. The molecule has 4 rings (SSSR count). The predicted molar refractivity (Wildman–Crippen MR) is 108 cm³/mol. The molecule has 0 bridgehead atoms. The summed E-state index contributed by atoms with van der Waals surface area (Å²) in [6, 6.07) is 2.19. The number of nitrogens with zero attached hydrogens (tertiary/aromatic N) is 7. The molecule has 0 saturated carbocycles. The Morgan fingerprint density at radius 1 is 1.31 bits per heavy atom. The fourth-order valence-electron chi connectivity index (χ4n) is 3.77. The number of fused-ring (bicyclic) bond motifs is 3. The topological polar surface area (TPSA) is 102 Å². The fraction of sp³-hybridized carbons (Fsp3) is 0.400. The Bertz CT molecular complexity index is 1040. The number of amides is 1. The van der Waals surface area contributed by atoms with E-state index in [0.29, 0.717) is 12.4 Å². The number of carbonyl (C=O) groups is 1. The van der Waals surface area contributed by atoms with Crippen LogP contribution >= 0.6 is 0 Å². The first-order chi connectivity index (χ1) is 14.0. The van der Waals surface area contributed by atoms with Crippen molar-refractivity contribution in [3.8, 4) is 17.1 Å². The largest absolute Gasteiger partial charge is 0.352 e. The molecule has 0 aliphatic carbocycles. The zero-order valence-corrected chi connectivity index (χ0v) is 17.0. The van der Waals surface area contributed by atoms with E-state index in [-0.39, 0.29) is 18.0 Å². The molecule has 1 atom stereocenters. The van der Waals surface area contributed by atoms with Crippen LogP contribution in [0.4, 0.5) is 5.82 Å². The third kappa shape index (κ3) is 3.32. The van der Waals surface area contributed by atoms with E-state index in [4.69, 9.17) is 4.98 Å². The highest BCUT2D eigenvalue weighted by Gasteiger charge is 2.35. The number of hydrogen-bond acceptors (Lipinski definition) is 7. The molecule has 150 valence electrons. The average Bonchev–Trinajstić information content (AvgIpc) is 3.20. The number of pyridine rings is 1. The SMILES string of the molecule is CC[C@@H]1c2nncn2-c2cnc(-c3ccncc3CNC(C)=O)nc2N1C(C)C. The van der Waals surface area contributed by atoms with Crippen molar-refractivity contribution in [2.75, 3.05) is 4.90 Å². The van der Waals surface area contributed by atoms with E-state index in [1.807, 2.05) is 16.8 Å². The standard InChI is InChI=1S/C20H24N8O/c1-5-16-20-26-24-11-27(20)17-10-23-18(25-19(17)28(16)12(2)3)15-6-7-21-8-14(15)9-22-13(4)29/h6-8,10-12,16H,5,9H2,1-4H3,(H,22,29)/t16-/m1/s1. The molecule has 3 aromatic heterocycles. The van der Waals surface area contributed by atoms with Gasteiger partial charge in [-0.15, -0.1) is 10.2 Å². The maximum atomic E-state index is 11.4. The zero-order chi connectivity index (χ0) is 20.5. The molecule has 1 aliphatic heterocycles. The smallest absolute Gasteiger partial charge is 0.217 e. The second-order valence-corrected chi connectivity index (χ2v) is 7.33. The summed E-state index contributed by atoms with van der Waals surface area (Å²) in [4.78, 5) is 27.4. The molecule has 3 aromatic rings. The minimum absolute atomic E-state index is 0.0871. The molecular weight excluding hydrogens is 368 g/mol. The first-order valence-electron chi connectivity index (χ1n) is 9.74. The van der Waals surface area contributed by atoms with Gasteiger partial charge in [0.25, 0.3) is 0 Å². The molecule has 1 amide bonds. The summed E-state index contributed by atoms with van der Waals surface area (Å²) >= 11 is 0. The Balaban J connectivity index is 1.84. The van der Waals surface area contributed by atoms with E-state index in [0.717, 1.165) is 34.9 Å². The van der Waals surface area contributed by atoms with Gasteiger partial charge < -0.3 is 10.2 Å². The maximum Gasteiger partial charge on any atom is 0.217 e. The number of nitrogens with one attached hydrogen (secondary N) is 1. The van der Waals surface area contributed by atoms with Gasteiger partial charge in [-0.05, 0) is 26.3 Å². The predicted octanol–water partition coefficient (Wildman–Crippen LogP) is 2.43. The maximum absolute atomic E-state index is 11.4. The first-order valence-corrected chi connectivity index (χ1v) is 9.74. The second-order valence-electron chi connectivity index (χ2n) is 7.33. The highest BCUT2D eigenvalue weighted by Crippen LogP contribution is 2.39. The lowest BCUT2D eigenvalue weighted by atomic mass is 10.1. The summed E-state index contributed by atoms with van der Waals surface area (Å²) in [5, 5.41) is 11.3. The summed E-state index contributed by atoms with van der Waals surface area (Å²) in [5.74, 6) is 2.26. The molecular formula is C20H24N8O. The number of rotatable bonds is 5. The van der Waals surface area contributed by atoms with Gasteiger partial charge in [-0.2, -0.15) is 0 Å². The van der Waals surface area contributed by atoms with Crippen LogP contribution in [0.1, 0.15) is 51.5 Å². The van der Waals surface area contributed by atoms with Crippen LogP contribution in [-0.4, -0.2) is 41.7 Å². The number of carbonyl (C=O) groups excluding carboxylic acids is 1. The Hall–Kier alpha value is -3.36. The van der Waals surface area contributed by atoms with Gasteiger partial charge in [0.05, 0.1) is 12.2 Å². The van der Waals surface area contributed by atoms with Crippen LogP contribution in [-0.2, 0) is 11.3 Å². The summed E-state index contributed by atoms with van der Waals surface area (Å²) in [5.41, 5.74) is 2.58. The van der Waals surface area contributed by atoms with Crippen LogP contribution in [0.25, 0.3) is 17.1 Å². The van der Waals surface area contributed by atoms with Crippen LogP contribution in [0.15, 0.2) is 31.0 Å². The van der Waals surface area contributed by atoms with E-state index >= 15 is 0 Å².